The van der Waals surface area contributed by atoms with Gasteiger partial charge in [0.1, 0.15) is 5.82 Å². The maximum atomic E-state index is 13.9. The predicted octanol–water partition coefficient (Wildman–Crippen LogP) is 7.21. The summed E-state index contributed by atoms with van der Waals surface area (Å²) in [5.74, 6) is 0.376. The van der Waals surface area contributed by atoms with Gasteiger partial charge in [-0.3, -0.25) is 9.36 Å². The summed E-state index contributed by atoms with van der Waals surface area (Å²) in [6.45, 7) is 0.723. The Morgan fingerprint density at radius 1 is 0.917 bits per heavy atom. The molecule has 4 nitrogen and oxygen atoms in total. The van der Waals surface area contributed by atoms with E-state index < -0.39 is 11.7 Å². The van der Waals surface area contributed by atoms with Crippen molar-refractivity contribution >= 4 is 40.1 Å². The first kappa shape index (κ1) is 27.4. The SMILES string of the molecule is CN(CCNC(=O)c1ccccc1)c1ccc(-c2ccc(Br)cc2)n1-c1ccccc1C(F)(F)F.Cl. The van der Waals surface area contributed by atoms with Crippen LogP contribution in [0.25, 0.3) is 16.9 Å². The minimum Gasteiger partial charge on any atom is -0.359 e. The van der Waals surface area contributed by atoms with E-state index in [4.69, 9.17) is 0 Å². The maximum absolute atomic E-state index is 13.9. The van der Waals surface area contributed by atoms with Crippen LogP contribution in [0.3, 0.4) is 0 Å². The summed E-state index contributed by atoms with van der Waals surface area (Å²) in [7, 11) is 1.79. The number of hydrogen-bond donors (Lipinski definition) is 1. The number of alkyl halides is 3. The van der Waals surface area contributed by atoms with Gasteiger partial charge in [0, 0.05) is 30.2 Å². The second-order valence-electron chi connectivity index (χ2n) is 7.98. The highest BCUT2D eigenvalue weighted by Gasteiger charge is 2.34. The molecule has 1 N–H and O–H groups in total. The van der Waals surface area contributed by atoms with Gasteiger partial charge >= 0.3 is 6.18 Å². The molecule has 4 aromatic rings. The Morgan fingerprint density at radius 3 is 2.22 bits per heavy atom. The third kappa shape index (κ3) is 6.12. The smallest absolute Gasteiger partial charge is 0.359 e. The number of carbonyl (C=O) groups excluding carboxylic acids is 1. The van der Waals surface area contributed by atoms with Crippen molar-refractivity contribution in [2.24, 2.45) is 0 Å². The second kappa shape index (κ2) is 11.7. The summed E-state index contributed by atoms with van der Waals surface area (Å²) < 4.78 is 44.3. The minimum absolute atomic E-state index is 0. The molecule has 0 aliphatic heterocycles. The lowest BCUT2D eigenvalue weighted by Crippen LogP contribution is -2.33. The van der Waals surface area contributed by atoms with Crippen molar-refractivity contribution in [2.45, 2.75) is 6.18 Å². The summed E-state index contributed by atoms with van der Waals surface area (Å²) in [6.07, 6.45) is -4.52. The van der Waals surface area contributed by atoms with E-state index in [0.29, 0.717) is 30.2 Å². The molecule has 188 valence electrons. The van der Waals surface area contributed by atoms with Crippen LogP contribution < -0.4 is 10.2 Å². The molecule has 0 radical (unpaired) electrons. The number of halogens is 5. The number of aromatic nitrogens is 1. The van der Waals surface area contributed by atoms with Crippen molar-refractivity contribution in [1.82, 2.24) is 9.88 Å². The molecule has 0 bridgehead atoms. The molecule has 0 fully saturated rings. The Labute approximate surface area is 222 Å². The normalized spacial score (nSPS) is 11.0. The molecule has 0 saturated heterocycles. The van der Waals surface area contributed by atoms with Crippen LogP contribution in [0.4, 0.5) is 19.0 Å². The first-order valence-corrected chi connectivity index (χ1v) is 11.7. The van der Waals surface area contributed by atoms with Crippen molar-refractivity contribution in [2.75, 3.05) is 25.0 Å². The fourth-order valence-corrected chi connectivity index (χ4v) is 4.14. The number of benzene rings is 3. The zero-order valence-corrected chi connectivity index (χ0v) is 21.7. The van der Waals surface area contributed by atoms with Gasteiger partial charge in [-0.15, -0.1) is 12.4 Å². The Balaban J connectivity index is 0.00000361. The largest absolute Gasteiger partial charge is 0.418 e. The molecular weight excluding hydrogens is 555 g/mol. The first-order chi connectivity index (χ1) is 16.8. The van der Waals surface area contributed by atoms with Gasteiger partial charge in [-0.1, -0.05) is 58.4 Å². The molecule has 0 saturated carbocycles. The molecule has 0 aliphatic rings. The molecule has 1 aromatic heterocycles. The molecule has 36 heavy (non-hydrogen) atoms. The number of nitrogens with one attached hydrogen (secondary N) is 1. The van der Waals surface area contributed by atoms with Crippen molar-refractivity contribution in [3.05, 3.63) is 107 Å². The predicted molar refractivity (Wildman–Crippen MR) is 143 cm³/mol. The summed E-state index contributed by atoms with van der Waals surface area (Å²) >= 11 is 3.41. The first-order valence-electron chi connectivity index (χ1n) is 10.9. The summed E-state index contributed by atoms with van der Waals surface area (Å²) in [5.41, 5.74) is 1.28. The maximum Gasteiger partial charge on any atom is 0.418 e. The highest BCUT2D eigenvalue weighted by Crippen LogP contribution is 2.38. The lowest BCUT2D eigenvalue weighted by atomic mass is 10.1. The number of rotatable bonds is 7. The molecule has 3 aromatic carbocycles. The van der Waals surface area contributed by atoms with E-state index in [1.165, 1.54) is 12.1 Å². The van der Waals surface area contributed by atoms with Crippen LogP contribution in [0, 0.1) is 0 Å². The van der Waals surface area contributed by atoms with Crippen LogP contribution >= 0.6 is 28.3 Å². The van der Waals surface area contributed by atoms with Gasteiger partial charge < -0.3 is 10.2 Å². The molecule has 9 heteroatoms. The quantitative estimate of drug-likeness (QED) is 0.252. The molecule has 1 heterocycles. The van der Waals surface area contributed by atoms with Gasteiger partial charge in [0.05, 0.1) is 16.9 Å². The van der Waals surface area contributed by atoms with Crippen LogP contribution in [0.1, 0.15) is 15.9 Å². The van der Waals surface area contributed by atoms with Crippen LogP contribution in [0.5, 0.6) is 0 Å². The summed E-state index contributed by atoms with van der Waals surface area (Å²) in [4.78, 5) is 14.2. The average Bonchev–Trinajstić information content (AvgIpc) is 3.29. The van der Waals surface area contributed by atoms with E-state index in [-0.39, 0.29) is 24.0 Å². The number of carbonyl (C=O) groups is 1. The zero-order valence-electron chi connectivity index (χ0n) is 19.3. The highest BCUT2D eigenvalue weighted by atomic mass is 79.9. The van der Waals surface area contributed by atoms with Crippen LogP contribution in [-0.2, 0) is 6.18 Å². The van der Waals surface area contributed by atoms with Gasteiger partial charge in [0.25, 0.3) is 5.91 Å². The Kier molecular flexibility index (Phi) is 8.87. The standard InChI is InChI=1S/C27H23BrF3N3O.ClH/c1-33(18-17-32-26(35)20-7-3-2-4-8-20)25-16-15-23(19-11-13-21(28)14-12-19)34(25)24-10-6-5-9-22(24)27(29,30)31;/h2-16H,17-18H2,1H3,(H,32,35);1H. The van der Waals surface area contributed by atoms with E-state index in [2.05, 4.69) is 21.2 Å². The molecule has 1 amide bonds. The number of hydrogen-bond acceptors (Lipinski definition) is 2. The fourth-order valence-electron chi connectivity index (χ4n) is 3.87. The van der Waals surface area contributed by atoms with Gasteiger partial charge in [0.2, 0.25) is 0 Å². The number of amides is 1. The van der Waals surface area contributed by atoms with Crippen molar-refractivity contribution in [1.29, 1.82) is 0 Å². The number of para-hydroxylation sites is 1. The minimum atomic E-state index is -4.52. The van der Waals surface area contributed by atoms with Crippen LogP contribution in [0.2, 0.25) is 0 Å². The highest BCUT2D eigenvalue weighted by molar-refractivity contribution is 9.10. The van der Waals surface area contributed by atoms with Crippen molar-refractivity contribution in [3.63, 3.8) is 0 Å². The topological polar surface area (TPSA) is 37.3 Å². The zero-order chi connectivity index (χ0) is 25.0. The molecular formula is C27H24BrClF3N3O. The molecule has 0 aliphatic carbocycles. The third-order valence-electron chi connectivity index (χ3n) is 5.61. The fraction of sp³-hybridized carbons (Fsp3) is 0.148. The monoisotopic (exact) mass is 577 g/mol. The lowest BCUT2D eigenvalue weighted by Gasteiger charge is -2.25. The van der Waals surface area contributed by atoms with Gasteiger partial charge in [0.15, 0.2) is 0 Å². The lowest BCUT2D eigenvalue weighted by molar-refractivity contribution is -0.137. The molecule has 0 unspecified atom stereocenters. The van der Waals surface area contributed by atoms with Gasteiger partial charge in [-0.2, -0.15) is 13.2 Å². The molecule has 0 atom stereocenters. The van der Waals surface area contributed by atoms with Gasteiger partial charge in [-0.25, -0.2) is 0 Å². The Bertz CT molecular complexity index is 1310. The number of anilines is 1. The number of nitrogens with zero attached hydrogens (tertiary/aromatic N) is 2. The van der Waals surface area contributed by atoms with Crippen LogP contribution in [0.15, 0.2) is 95.5 Å². The van der Waals surface area contributed by atoms with Crippen molar-refractivity contribution < 1.29 is 18.0 Å². The number of likely N-dealkylation sites (N-methyl/N-ethyl adjacent to an activating group) is 1. The van der Waals surface area contributed by atoms with E-state index in [1.54, 1.807) is 48.0 Å². The van der Waals surface area contributed by atoms with Gasteiger partial charge in [-0.05, 0) is 54.1 Å². The summed E-state index contributed by atoms with van der Waals surface area (Å²) in [5, 5.41) is 2.86. The third-order valence-corrected chi connectivity index (χ3v) is 6.14. The van der Waals surface area contributed by atoms with E-state index >= 15 is 0 Å². The van der Waals surface area contributed by atoms with E-state index in [1.807, 2.05) is 41.3 Å². The Hall–Kier alpha value is -3.23. The van der Waals surface area contributed by atoms with E-state index in [9.17, 15) is 18.0 Å². The van der Waals surface area contributed by atoms with Crippen molar-refractivity contribution in [3.8, 4) is 16.9 Å². The molecule has 0 spiro atoms. The Morgan fingerprint density at radius 2 is 1.56 bits per heavy atom. The molecule has 4 rings (SSSR count). The van der Waals surface area contributed by atoms with E-state index in [0.717, 1.165) is 16.1 Å². The summed E-state index contributed by atoms with van der Waals surface area (Å²) in [6, 6.07) is 25.4. The second-order valence-corrected chi connectivity index (χ2v) is 8.89. The average molecular weight is 579 g/mol. The van der Waals surface area contributed by atoms with Crippen LogP contribution in [-0.4, -0.2) is 30.6 Å².